The first-order valence-corrected chi connectivity index (χ1v) is 5.95. The van der Waals surface area contributed by atoms with E-state index in [0.717, 1.165) is 5.52 Å². The molecule has 1 aromatic carbocycles. The minimum absolute atomic E-state index is 0.152. The molecule has 0 aliphatic rings. The molecule has 4 nitrogen and oxygen atoms in total. The molecule has 4 heteroatoms. The van der Waals surface area contributed by atoms with E-state index >= 15 is 0 Å². The number of hydrogen-bond donors (Lipinski definition) is 3. The minimum atomic E-state index is -0.391. The Kier molecular flexibility index (Phi) is 4.14. The summed E-state index contributed by atoms with van der Waals surface area (Å²) in [4.78, 5) is 0. The van der Waals surface area contributed by atoms with Gasteiger partial charge < -0.3 is 20.1 Å². The maximum Gasteiger partial charge on any atom is 0.121 e. The fraction of sp³-hybridized carbons (Fsp3) is 0.385. The van der Waals surface area contributed by atoms with Gasteiger partial charge in [0.25, 0.3) is 0 Å². The van der Waals surface area contributed by atoms with Crippen molar-refractivity contribution in [3.05, 3.63) is 36.5 Å². The van der Waals surface area contributed by atoms with Crippen molar-refractivity contribution in [1.29, 1.82) is 0 Å². The number of fused-ring (bicyclic) bond motifs is 1. The average molecular weight is 235 g/mol. The molecule has 1 aromatic heterocycles. The minimum Gasteiger partial charge on any atom is -0.391 e. The summed E-state index contributed by atoms with van der Waals surface area (Å²) in [5, 5.41) is 21.7. The summed E-state index contributed by atoms with van der Waals surface area (Å²) < 4.78 is 2.06. The molecule has 2 rings (SSSR count). The van der Waals surface area contributed by atoms with Gasteiger partial charge in [0.2, 0.25) is 0 Å². The molecule has 0 aliphatic carbocycles. The molecule has 2 aromatic rings. The lowest BCUT2D eigenvalue weighted by molar-refractivity contribution is -0.662. The summed E-state index contributed by atoms with van der Waals surface area (Å²) in [5.41, 5.74) is 1.15. The van der Waals surface area contributed by atoms with E-state index in [0.29, 0.717) is 19.6 Å². The molecule has 0 spiro atoms. The normalized spacial score (nSPS) is 13.1. The van der Waals surface area contributed by atoms with E-state index in [1.54, 1.807) is 0 Å². The van der Waals surface area contributed by atoms with Gasteiger partial charge in [-0.05, 0) is 17.5 Å². The van der Waals surface area contributed by atoms with Gasteiger partial charge in [0.05, 0.1) is 19.7 Å². The fourth-order valence-electron chi connectivity index (χ4n) is 2.00. The van der Waals surface area contributed by atoms with Crippen LogP contribution in [0.5, 0.6) is 0 Å². The summed E-state index contributed by atoms with van der Waals surface area (Å²) in [5.74, 6) is 0. The van der Waals surface area contributed by atoms with Crippen LogP contribution in [0, 0.1) is 0 Å². The Balaban J connectivity index is 1.98. The summed E-state index contributed by atoms with van der Waals surface area (Å²) in [6.45, 7) is 2.01. The van der Waals surface area contributed by atoms with E-state index in [1.807, 2.05) is 23.6 Å². The molecule has 0 saturated carbocycles. The van der Waals surface area contributed by atoms with Gasteiger partial charge in [-0.15, -0.1) is 0 Å². The smallest absolute Gasteiger partial charge is 0.121 e. The first kappa shape index (κ1) is 12.1. The van der Waals surface area contributed by atoms with Crippen LogP contribution in [0.1, 0.15) is 0 Å². The van der Waals surface area contributed by atoms with Crippen LogP contribution in [0.2, 0.25) is 0 Å². The number of benzene rings is 1. The second-order valence-corrected chi connectivity index (χ2v) is 4.22. The van der Waals surface area contributed by atoms with Crippen LogP contribution in [0.4, 0.5) is 0 Å². The number of nitrogens with two attached hydrogens (primary N) is 1. The predicted octanol–water partition coefficient (Wildman–Crippen LogP) is -0.442. The van der Waals surface area contributed by atoms with Gasteiger partial charge in [0.15, 0.2) is 0 Å². The van der Waals surface area contributed by atoms with Crippen molar-refractivity contribution >= 4 is 10.9 Å². The lowest BCUT2D eigenvalue weighted by Crippen LogP contribution is -2.87. The molecule has 17 heavy (non-hydrogen) atoms. The largest absolute Gasteiger partial charge is 0.391 e. The molecule has 0 aliphatic heterocycles. The van der Waals surface area contributed by atoms with Crippen LogP contribution in [-0.4, -0.2) is 40.6 Å². The molecule has 1 heterocycles. The number of aliphatic hydroxyl groups is 2. The quantitative estimate of drug-likeness (QED) is 0.594. The Hall–Kier alpha value is -1.36. The first-order valence-electron chi connectivity index (χ1n) is 5.95. The van der Waals surface area contributed by atoms with Crippen LogP contribution >= 0.6 is 0 Å². The lowest BCUT2D eigenvalue weighted by Gasteiger charge is -2.11. The van der Waals surface area contributed by atoms with Gasteiger partial charge in [-0.25, -0.2) is 0 Å². The highest BCUT2D eigenvalue weighted by Gasteiger charge is 2.08. The molecule has 4 N–H and O–H groups in total. The van der Waals surface area contributed by atoms with Crippen LogP contribution in [0.15, 0.2) is 36.5 Å². The molecule has 0 fully saturated rings. The molecule has 92 valence electrons. The van der Waals surface area contributed by atoms with Gasteiger partial charge in [-0.1, -0.05) is 18.2 Å². The summed E-state index contributed by atoms with van der Waals surface area (Å²) >= 11 is 0. The van der Waals surface area contributed by atoms with Gasteiger partial charge in [0.1, 0.15) is 12.6 Å². The second kappa shape index (κ2) is 5.82. The van der Waals surface area contributed by atoms with Crippen LogP contribution in [-0.2, 0) is 6.54 Å². The molecular formula is C13H19N2O2+. The number of nitrogens with zero attached hydrogens (tertiary/aromatic N) is 1. The molecule has 0 amide bonds. The Morgan fingerprint density at radius 2 is 2.06 bits per heavy atom. The van der Waals surface area contributed by atoms with Crippen molar-refractivity contribution < 1.29 is 15.5 Å². The zero-order valence-corrected chi connectivity index (χ0v) is 9.79. The third kappa shape index (κ3) is 3.06. The van der Waals surface area contributed by atoms with Gasteiger partial charge in [0, 0.05) is 11.7 Å². The highest BCUT2D eigenvalue weighted by molar-refractivity contribution is 5.79. The maximum absolute atomic E-state index is 9.87. The first-order chi connectivity index (χ1) is 8.31. The Morgan fingerprint density at radius 3 is 2.88 bits per heavy atom. The topological polar surface area (TPSA) is 62.0 Å². The SMILES string of the molecule is OCC[NH2+]C[C@H](O)Cn1ccc2ccccc21. The Labute approximate surface area is 100 Å². The summed E-state index contributed by atoms with van der Waals surface area (Å²) in [6, 6.07) is 10.2. The van der Waals surface area contributed by atoms with Gasteiger partial charge in [-0.3, -0.25) is 0 Å². The monoisotopic (exact) mass is 235 g/mol. The fourth-order valence-corrected chi connectivity index (χ4v) is 2.00. The van der Waals surface area contributed by atoms with E-state index in [-0.39, 0.29) is 6.61 Å². The molecule has 0 unspecified atom stereocenters. The van der Waals surface area contributed by atoms with E-state index in [4.69, 9.17) is 5.11 Å². The van der Waals surface area contributed by atoms with Crippen molar-refractivity contribution in [2.24, 2.45) is 0 Å². The van der Waals surface area contributed by atoms with Gasteiger partial charge >= 0.3 is 0 Å². The zero-order chi connectivity index (χ0) is 12.1. The van der Waals surface area contributed by atoms with Crippen LogP contribution in [0.3, 0.4) is 0 Å². The number of aliphatic hydroxyl groups excluding tert-OH is 2. The third-order valence-electron chi connectivity index (χ3n) is 2.86. The molecular weight excluding hydrogens is 216 g/mol. The van der Waals surface area contributed by atoms with Crippen molar-refractivity contribution in [1.82, 2.24) is 4.57 Å². The molecule has 0 radical (unpaired) electrons. The maximum atomic E-state index is 9.87. The zero-order valence-electron chi connectivity index (χ0n) is 9.79. The number of quaternary nitrogens is 1. The molecule has 0 saturated heterocycles. The standard InChI is InChI=1S/C13H18N2O2/c16-8-6-14-9-12(17)10-15-7-5-11-3-1-2-4-13(11)15/h1-5,7,12,14,16-17H,6,8-10H2/p+1/t12-/m0/s1. The second-order valence-electron chi connectivity index (χ2n) is 4.22. The van der Waals surface area contributed by atoms with E-state index in [2.05, 4.69) is 22.8 Å². The van der Waals surface area contributed by atoms with E-state index in [9.17, 15) is 5.11 Å². The highest BCUT2D eigenvalue weighted by Crippen LogP contribution is 2.15. The number of para-hydroxylation sites is 1. The van der Waals surface area contributed by atoms with Crippen molar-refractivity contribution in [3.63, 3.8) is 0 Å². The van der Waals surface area contributed by atoms with Crippen LogP contribution in [0.25, 0.3) is 10.9 Å². The third-order valence-corrected chi connectivity index (χ3v) is 2.86. The Morgan fingerprint density at radius 1 is 1.24 bits per heavy atom. The number of aromatic nitrogens is 1. The number of rotatable bonds is 6. The van der Waals surface area contributed by atoms with E-state index < -0.39 is 6.10 Å². The van der Waals surface area contributed by atoms with Crippen molar-refractivity contribution in [3.8, 4) is 0 Å². The predicted molar refractivity (Wildman–Crippen MR) is 66.7 cm³/mol. The number of hydrogen-bond acceptors (Lipinski definition) is 2. The van der Waals surface area contributed by atoms with E-state index in [1.165, 1.54) is 5.39 Å². The molecule has 0 bridgehead atoms. The van der Waals surface area contributed by atoms with Crippen LogP contribution < -0.4 is 5.32 Å². The summed E-state index contributed by atoms with van der Waals surface area (Å²) in [7, 11) is 0. The Bertz CT molecular complexity index is 467. The summed E-state index contributed by atoms with van der Waals surface area (Å²) in [6.07, 6.45) is 1.61. The van der Waals surface area contributed by atoms with Crippen molar-refractivity contribution in [2.45, 2.75) is 12.6 Å². The van der Waals surface area contributed by atoms with Gasteiger partial charge in [-0.2, -0.15) is 0 Å². The lowest BCUT2D eigenvalue weighted by atomic mass is 10.2. The highest BCUT2D eigenvalue weighted by atomic mass is 16.3. The average Bonchev–Trinajstić information content (AvgIpc) is 2.73. The van der Waals surface area contributed by atoms with Crippen molar-refractivity contribution in [2.75, 3.05) is 19.7 Å². The molecule has 1 atom stereocenters.